The van der Waals surface area contributed by atoms with Gasteiger partial charge in [0.25, 0.3) is 0 Å². The molecule has 17 N–H and O–H groups in total. The highest BCUT2D eigenvalue weighted by molar-refractivity contribution is 6.09. The number of nitrogen functional groups attached to an aromatic ring is 4. The molecule has 34 heteroatoms. The lowest BCUT2D eigenvalue weighted by molar-refractivity contribution is -0.142. The highest BCUT2D eigenvalue weighted by atomic mass is 16.5. The number of rotatable bonds is 10. The Morgan fingerprint density at radius 2 is 1.20 bits per heavy atom. The second-order valence-corrected chi connectivity index (χ2v) is 21.5. The maximum atomic E-state index is 11.6. The lowest BCUT2D eigenvalue weighted by Crippen LogP contribution is -2.45. The summed E-state index contributed by atoms with van der Waals surface area (Å²) in [6, 6.07) is -0.00889. The molecule has 0 radical (unpaired) electrons. The highest BCUT2D eigenvalue weighted by Crippen LogP contribution is 2.41. The minimum absolute atomic E-state index is 0.0261. The van der Waals surface area contributed by atoms with Crippen molar-refractivity contribution in [2.75, 3.05) is 56.0 Å². The van der Waals surface area contributed by atoms with Crippen LogP contribution >= 0.6 is 0 Å². The smallest absolute Gasteiger partial charge is 0.236 e. The number of aliphatic hydroxyl groups excluding tert-OH is 9. The molecule has 2 aliphatic heterocycles. The molecule has 0 aromatic carbocycles. The van der Waals surface area contributed by atoms with Gasteiger partial charge < -0.3 is 78.2 Å². The van der Waals surface area contributed by atoms with Crippen molar-refractivity contribution in [1.82, 2.24) is 88.6 Å². The van der Waals surface area contributed by atoms with Crippen molar-refractivity contribution in [3.8, 4) is 0 Å². The molecule has 8 aromatic heterocycles. The summed E-state index contributed by atoms with van der Waals surface area (Å²) in [4.78, 5) is 64.2. The number of aromatic nitrogens is 17. The van der Waals surface area contributed by atoms with E-state index in [-0.39, 0.29) is 111 Å². The van der Waals surface area contributed by atoms with Gasteiger partial charge in [0.05, 0.1) is 99.9 Å². The lowest BCUT2D eigenvalue weighted by atomic mass is 9.77. The van der Waals surface area contributed by atoms with E-state index in [0.717, 1.165) is 18.4 Å². The van der Waals surface area contributed by atoms with Crippen LogP contribution in [0.5, 0.6) is 0 Å². The van der Waals surface area contributed by atoms with Crippen LogP contribution in [0.15, 0.2) is 86.3 Å². The Balaban J connectivity index is 0.000000127. The zero-order valence-corrected chi connectivity index (χ0v) is 47.8. The topological polar surface area (TPSA) is 520 Å². The van der Waals surface area contributed by atoms with E-state index in [1.54, 1.807) is 64.1 Å². The number of fused-ring (bicyclic) bond motifs is 4. The van der Waals surface area contributed by atoms with Crippen molar-refractivity contribution in [3.63, 3.8) is 0 Å². The van der Waals surface area contributed by atoms with Crippen molar-refractivity contribution in [2.24, 2.45) is 23.7 Å². The number of ketones is 1. The molecule has 14 rings (SSSR count). The van der Waals surface area contributed by atoms with E-state index < -0.39 is 18.4 Å². The number of hydrogen-bond acceptors (Lipinski definition) is 29. The number of nitrogens with zero attached hydrogens (tertiary/aromatic N) is 18. The number of Topliss-reactive ketones (excluding diaryl/α,β-unsaturated/α-hetero) is 1. The molecule has 88 heavy (non-hydrogen) atoms. The van der Waals surface area contributed by atoms with Gasteiger partial charge in [0, 0.05) is 35.7 Å². The Labute approximate surface area is 499 Å². The van der Waals surface area contributed by atoms with E-state index in [1.807, 2.05) is 11.5 Å². The Bertz CT molecular complexity index is 3750. The molecule has 0 saturated heterocycles. The summed E-state index contributed by atoms with van der Waals surface area (Å²) in [6.07, 6.45) is 18.5. The molecular weight excluding hydrogens is 1150 g/mol. The molecular formula is C54H70N22O12. The van der Waals surface area contributed by atoms with E-state index in [0.29, 0.717) is 86.3 Å². The normalized spacial score (nSPS) is 26.9. The standard InChI is InChI=1S/C11H13NO4.C10H13N5O2.C9H12N6O2.2C8H9N5O.C8H14O2/c1-7-5-12(10(15)4-9(7)14)11-3-2-8(6-13)16-11;11-9-5-2-14-15(10(5)13-4-12-9)7-1-8(17)6(7)3-16;10-8-7-9(12-3-11-8)15(14-13-7)5-1-6(17)4(5)2-16;9-7-6-8(11-2-10-7)13(3-12-6)4-1-5(4)14;9-7-6-8(11-4-10-7)13(5-12-6)2-1-3-14;1-5-3-8(10)7(4-9)6(5)2/h2-3,5,8,11,13H,4,6H2,1H3;2,4,6-8,16-17H,1,3H2,(H2,11,12,13);3-6,16-17H,1-2H2,(H2,10,11,12);2-5,14H,1H2,(H2,9,10,11);1-2,4-5,14H,3H2,(H2,9,10,11);5,7-10H,2-4H2,1H3/b;;;;2-1-;/t;6-,7?,8?;4-,5?,6?;;;5-,7-,8-/m.00..0/s1. The van der Waals surface area contributed by atoms with Crippen LogP contribution in [0.3, 0.4) is 0 Å². The summed E-state index contributed by atoms with van der Waals surface area (Å²) in [5.74, 6) is 0.858. The largest absolute Gasteiger partial charge is 0.396 e. The SMILES string of the molecule is C=C1[C@@H](C)C[C@H](O)[C@H]1CO.CC1=CN(C2C=CC(CO)O2)C(=O)CC1=O.Nc1ncnc2c1cnn2C1CC(O)[C@H]1CO.Nc1ncnc2c1ncn2/C=C\CO.Nc1ncnc2c1ncn2C1CC1O.Nc1ncnc2c1nnn2C1CC(O)[C@H]1CO. The Kier molecular flexibility index (Phi) is 20.1. The Morgan fingerprint density at radius 3 is 1.76 bits per heavy atom. The second kappa shape index (κ2) is 27.8. The van der Waals surface area contributed by atoms with Crippen molar-refractivity contribution >= 4 is 85.7 Å². The minimum Gasteiger partial charge on any atom is -0.396 e. The van der Waals surface area contributed by atoms with Gasteiger partial charge in [-0.1, -0.05) is 30.4 Å². The number of anilines is 4. The molecule has 4 fully saturated rings. The summed E-state index contributed by atoms with van der Waals surface area (Å²) in [5.41, 5.74) is 28.3. The van der Waals surface area contributed by atoms with Crippen LogP contribution in [0.2, 0.25) is 0 Å². The number of amides is 1. The molecule has 4 aliphatic carbocycles. The maximum absolute atomic E-state index is 11.6. The van der Waals surface area contributed by atoms with Gasteiger partial charge in [-0.15, -0.1) is 5.10 Å². The van der Waals surface area contributed by atoms with E-state index >= 15 is 0 Å². The quantitative estimate of drug-likeness (QED) is 0.0528. The minimum atomic E-state index is -0.507. The lowest BCUT2D eigenvalue weighted by Gasteiger charge is -2.40. The number of carbonyl (C=O) groups excluding carboxylic acids is 2. The fraction of sp³-hybridized carbons (Fsp3) is 0.463. The summed E-state index contributed by atoms with van der Waals surface area (Å²) in [5, 5.41) is 95.2. The highest BCUT2D eigenvalue weighted by Gasteiger charge is 2.44. The fourth-order valence-corrected chi connectivity index (χ4v) is 10.4. The zero-order valence-electron chi connectivity index (χ0n) is 47.8. The predicted molar refractivity (Wildman–Crippen MR) is 314 cm³/mol. The number of aliphatic hydroxyl groups is 9. The van der Waals surface area contributed by atoms with Crippen molar-refractivity contribution < 1.29 is 60.3 Å². The molecule has 8 unspecified atom stereocenters. The molecule has 34 nitrogen and oxygen atoms in total. The maximum Gasteiger partial charge on any atom is 0.236 e. The van der Waals surface area contributed by atoms with E-state index in [2.05, 4.69) is 71.8 Å². The first kappa shape index (κ1) is 63.5. The summed E-state index contributed by atoms with van der Waals surface area (Å²) in [6.45, 7) is 7.26. The van der Waals surface area contributed by atoms with Crippen molar-refractivity contribution in [1.29, 1.82) is 0 Å². The number of carbonyl (C=O) groups is 2. The van der Waals surface area contributed by atoms with Crippen LogP contribution < -0.4 is 22.9 Å². The summed E-state index contributed by atoms with van der Waals surface area (Å²) in [7, 11) is 0. The number of ether oxygens (including phenoxy) is 1. The molecule has 468 valence electrons. The van der Waals surface area contributed by atoms with Crippen molar-refractivity contribution in [2.45, 2.75) is 101 Å². The molecule has 13 atom stereocenters. The summed E-state index contributed by atoms with van der Waals surface area (Å²) >= 11 is 0. The van der Waals surface area contributed by atoms with Crippen molar-refractivity contribution in [3.05, 3.63) is 86.3 Å². The second-order valence-electron chi connectivity index (χ2n) is 21.5. The first-order valence-electron chi connectivity index (χ1n) is 27.9. The van der Waals surface area contributed by atoms with Crippen LogP contribution in [0.1, 0.15) is 64.1 Å². The number of allylic oxidation sites excluding steroid dienone is 1. The van der Waals surface area contributed by atoms with E-state index in [4.69, 9.17) is 43.0 Å². The molecule has 10 heterocycles. The van der Waals surface area contributed by atoms with Crippen LogP contribution in [0, 0.1) is 23.7 Å². The zero-order chi connectivity index (χ0) is 63.1. The van der Waals surface area contributed by atoms with Gasteiger partial charge in [0.15, 0.2) is 63.1 Å². The number of imidazole rings is 2. The van der Waals surface area contributed by atoms with E-state index in [9.17, 15) is 40.2 Å². The third-order valence-electron chi connectivity index (χ3n) is 15.9. The van der Waals surface area contributed by atoms with Crippen LogP contribution in [0.25, 0.3) is 50.7 Å². The number of nitrogens with two attached hydrogens (primary N) is 4. The first-order chi connectivity index (χ1) is 42.3. The molecule has 0 bridgehead atoms. The Morgan fingerprint density at radius 1 is 0.636 bits per heavy atom. The monoisotopic (exact) mass is 1220 g/mol. The summed E-state index contributed by atoms with van der Waals surface area (Å²) < 4.78 is 12.2. The molecule has 8 aromatic rings. The number of hydrogen-bond donors (Lipinski definition) is 13. The molecule has 0 spiro atoms. The third kappa shape index (κ3) is 13.4. The molecule has 1 amide bonds. The van der Waals surface area contributed by atoms with Gasteiger partial charge >= 0.3 is 0 Å². The van der Waals surface area contributed by atoms with Crippen LogP contribution in [-0.4, -0.2) is 216 Å². The molecule has 6 aliphatic rings. The van der Waals surface area contributed by atoms with Gasteiger partial charge in [-0.2, -0.15) is 5.10 Å². The van der Waals surface area contributed by atoms with Gasteiger partial charge in [0.1, 0.15) is 49.1 Å². The predicted octanol–water partition coefficient (Wildman–Crippen LogP) is -1.86. The fourth-order valence-electron chi connectivity index (χ4n) is 10.4. The van der Waals surface area contributed by atoms with Gasteiger partial charge in [-0.25, -0.2) is 59.2 Å². The van der Waals surface area contributed by atoms with Crippen LogP contribution in [-0.2, 0) is 14.3 Å². The third-order valence-corrected chi connectivity index (χ3v) is 15.9. The Hall–Kier alpha value is -8.97. The molecule has 4 saturated carbocycles. The average molecular weight is 1220 g/mol. The van der Waals surface area contributed by atoms with Gasteiger partial charge in [-0.05, 0) is 50.7 Å². The van der Waals surface area contributed by atoms with Gasteiger partial charge in [0.2, 0.25) is 5.91 Å². The average Bonchev–Trinajstić information content (AvgIpc) is 3.83. The van der Waals surface area contributed by atoms with E-state index in [1.165, 1.54) is 36.4 Å². The van der Waals surface area contributed by atoms with Gasteiger partial charge in [-0.3, -0.25) is 19.1 Å². The first-order valence-corrected chi connectivity index (χ1v) is 27.9. The van der Waals surface area contributed by atoms with Crippen LogP contribution in [0.4, 0.5) is 23.3 Å².